The molecule has 0 aliphatic carbocycles. The molecular weight excluding hydrogens is 205 g/mol. The van der Waals surface area contributed by atoms with Gasteiger partial charge in [0.2, 0.25) is 5.95 Å². The van der Waals surface area contributed by atoms with Gasteiger partial charge in [-0.25, -0.2) is 13.4 Å². The zero-order valence-corrected chi connectivity index (χ0v) is 7.66. The van der Waals surface area contributed by atoms with Crippen LogP contribution in [0, 0.1) is 12.9 Å². The standard InChI is InChI=1S/C6H5ClFNO2S/c1-4-5(12(7,10)11)2-3-6(8)9-4/h2-3H,1H3. The van der Waals surface area contributed by atoms with Crippen molar-refractivity contribution in [2.75, 3.05) is 0 Å². The summed E-state index contributed by atoms with van der Waals surface area (Å²) in [6.45, 7) is 1.37. The van der Waals surface area contributed by atoms with Gasteiger partial charge < -0.3 is 0 Å². The molecule has 0 fully saturated rings. The second-order valence-electron chi connectivity index (χ2n) is 2.16. The molecule has 0 amide bonds. The van der Waals surface area contributed by atoms with E-state index in [9.17, 15) is 12.8 Å². The lowest BCUT2D eigenvalue weighted by atomic mass is 10.4. The molecule has 0 spiro atoms. The minimum absolute atomic E-state index is 0.0602. The average molecular weight is 210 g/mol. The molecule has 1 rings (SSSR count). The molecular formula is C6H5ClFNO2S. The van der Waals surface area contributed by atoms with Gasteiger partial charge >= 0.3 is 0 Å². The number of hydrogen-bond acceptors (Lipinski definition) is 3. The van der Waals surface area contributed by atoms with Gasteiger partial charge in [-0.2, -0.15) is 4.39 Å². The Hall–Kier alpha value is -0.680. The van der Waals surface area contributed by atoms with Crippen molar-refractivity contribution in [3.8, 4) is 0 Å². The van der Waals surface area contributed by atoms with Crippen LogP contribution in [-0.4, -0.2) is 13.4 Å². The quantitative estimate of drug-likeness (QED) is 0.520. The van der Waals surface area contributed by atoms with Crippen LogP contribution >= 0.6 is 10.7 Å². The van der Waals surface area contributed by atoms with Crippen molar-refractivity contribution >= 4 is 19.7 Å². The Kier molecular flexibility index (Phi) is 2.34. The first-order chi connectivity index (χ1) is 5.41. The summed E-state index contributed by atoms with van der Waals surface area (Å²) in [4.78, 5) is 3.15. The Morgan fingerprint density at radius 2 is 2.08 bits per heavy atom. The molecule has 12 heavy (non-hydrogen) atoms. The van der Waals surface area contributed by atoms with Gasteiger partial charge in [0.15, 0.2) is 0 Å². The summed E-state index contributed by atoms with van der Waals surface area (Å²) in [5.41, 5.74) is 0.0602. The van der Waals surface area contributed by atoms with Gasteiger partial charge in [-0.15, -0.1) is 0 Å². The summed E-state index contributed by atoms with van der Waals surface area (Å²) in [5, 5.41) is 0. The molecule has 1 aromatic rings. The predicted molar refractivity (Wildman–Crippen MR) is 42.0 cm³/mol. The summed E-state index contributed by atoms with van der Waals surface area (Å²) in [7, 11) is 1.22. The second kappa shape index (κ2) is 2.99. The highest BCUT2D eigenvalue weighted by Gasteiger charge is 2.14. The van der Waals surface area contributed by atoms with E-state index >= 15 is 0 Å². The molecule has 0 aromatic carbocycles. The van der Waals surface area contributed by atoms with Crippen molar-refractivity contribution in [3.63, 3.8) is 0 Å². The largest absolute Gasteiger partial charge is 0.263 e. The van der Waals surface area contributed by atoms with Crippen molar-refractivity contribution in [1.29, 1.82) is 0 Å². The van der Waals surface area contributed by atoms with Crippen LogP contribution < -0.4 is 0 Å². The Balaban J connectivity index is 3.39. The molecule has 0 unspecified atom stereocenters. The molecule has 3 nitrogen and oxygen atoms in total. The summed E-state index contributed by atoms with van der Waals surface area (Å²) in [6, 6.07) is 2.03. The minimum Gasteiger partial charge on any atom is -0.224 e. The van der Waals surface area contributed by atoms with Gasteiger partial charge in [0.25, 0.3) is 9.05 Å². The molecule has 0 aliphatic heterocycles. The van der Waals surface area contributed by atoms with Crippen LogP contribution in [0.1, 0.15) is 5.69 Å². The maximum absolute atomic E-state index is 12.4. The first-order valence-corrected chi connectivity index (χ1v) is 5.30. The molecule has 1 heterocycles. The predicted octanol–water partition coefficient (Wildman–Crippen LogP) is 1.46. The molecule has 0 atom stereocenters. The van der Waals surface area contributed by atoms with Gasteiger partial charge in [0.05, 0.1) is 5.69 Å². The van der Waals surface area contributed by atoms with Gasteiger partial charge in [0.1, 0.15) is 4.90 Å². The summed E-state index contributed by atoms with van der Waals surface area (Å²) >= 11 is 0. The molecule has 1 aromatic heterocycles. The number of rotatable bonds is 1. The monoisotopic (exact) mass is 209 g/mol. The number of nitrogens with zero attached hydrogens (tertiary/aromatic N) is 1. The zero-order valence-electron chi connectivity index (χ0n) is 6.08. The molecule has 0 N–H and O–H groups in total. The van der Waals surface area contributed by atoms with E-state index in [1.54, 1.807) is 0 Å². The third-order valence-corrected chi connectivity index (χ3v) is 2.72. The lowest BCUT2D eigenvalue weighted by Crippen LogP contribution is -1.98. The van der Waals surface area contributed by atoms with E-state index in [4.69, 9.17) is 10.7 Å². The smallest absolute Gasteiger partial charge is 0.224 e. The summed E-state index contributed by atoms with van der Waals surface area (Å²) < 4.78 is 33.9. The number of pyridine rings is 1. The number of aryl methyl sites for hydroxylation is 1. The Morgan fingerprint density at radius 1 is 1.50 bits per heavy atom. The van der Waals surface area contributed by atoms with Crippen molar-refractivity contribution in [3.05, 3.63) is 23.8 Å². The maximum Gasteiger partial charge on any atom is 0.263 e. The fraction of sp³-hybridized carbons (Fsp3) is 0.167. The number of hydrogen-bond donors (Lipinski definition) is 0. The highest BCUT2D eigenvalue weighted by Crippen LogP contribution is 2.17. The van der Waals surface area contributed by atoms with E-state index in [0.717, 1.165) is 12.1 Å². The van der Waals surface area contributed by atoms with Gasteiger partial charge in [-0.1, -0.05) is 0 Å². The molecule has 66 valence electrons. The Bertz CT molecular complexity index is 404. The normalized spacial score (nSPS) is 11.6. The lowest BCUT2D eigenvalue weighted by Gasteiger charge is -1.98. The SMILES string of the molecule is Cc1nc(F)ccc1S(=O)(=O)Cl. The number of aromatic nitrogens is 1. The maximum atomic E-state index is 12.4. The van der Waals surface area contributed by atoms with Crippen LogP contribution in [0.15, 0.2) is 17.0 Å². The van der Waals surface area contributed by atoms with Gasteiger partial charge in [-0.05, 0) is 19.1 Å². The van der Waals surface area contributed by atoms with Gasteiger partial charge in [-0.3, -0.25) is 0 Å². The fourth-order valence-corrected chi connectivity index (χ4v) is 1.89. The van der Waals surface area contributed by atoms with Crippen molar-refractivity contribution < 1.29 is 12.8 Å². The topological polar surface area (TPSA) is 47.0 Å². The minimum atomic E-state index is -3.81. The first kappa shape index (κ1) is 9.41. The second-order valence-corrected chi connectivity index (χ2v) is 4.69. The lowest BCUT2D eigenvalue weighted by molar-refractivity contribution is 0.573. The highest BCUT2D eigenvalue weighted by molar-refractivity contribution is 8.13. The van der Waals surface area contributed by atoms with Crippen molar-refractivity contribution in [2.24, 2.45) is 0 Å². The molecule has 0 aliphatic rings. The highest BCUT2D eigenvalue weighted by atomic mass is 35.7. The van der Waals surface area contributed by atoms with E-state index in [-0.39, 0.29) is 10.6 Å². The van der Waals surface area contributed by atoms with Crippen molar-refractivity contribution in [1.82, 2.24) is 4.98 Å². The molecule has 0 bridgehead atoms. The third kappa shape index (κ3) is 1.92. The van der Waals surface area contributed by atoms with Gasteiger partial charge in [0, 0.05) is 10.7 Å². The molecule has 0 radical (unpaired) electrons. The van der Waals surface area contributed by atoms with Crippen LogP contribution in [0.3, 0.4) is 0 Å². The Labute approximate surface area is 73.6 Å². The third-order valence-electron chi connectivity index (χ3n) is 1.27. The van der Waals surface area contributed by atoms with E-state index in [0.29, 0.717) is 0 Å². The van der Waals surface area contributed by atoms with Crippen LogP contribution in [0.5, 0.6) is 0 Å². The van der Waals surface area contributed by atoms with Crippen LogP contribution in [0.2, 0.25) is 0 Å². The molecule has 0 saturated carbocycles. The molecule has 0 saturated heterocycles. The van der Waals surface area contributed by atoms with E-state index in [1.165, 1.54) is 6.92 Å². The fourth-order valence-electron chi connectivity index (χ4n) is 0.775. The van der Waals surface area contributed by atoms with E-state index < -0.39 is 15.0 Å². The average Bonchev–Trinajstić information content (AvgIpc) is 1.83. The Morgan fingerprint density at radius 3 is 2.50 bits per heavy atom. The van der Waals surface area contributed by atoms with Crippen LogP contribution in [-0.2, 0) is 9.05 Å². The van der Waals surface area contributed by atoms with Crippen molar-refractivity contribution in [2.45, 2.75) is 11.8 Å². The number of halogens is 2. The zero-order chi connectivity index (χ0) is 9.35. The first-order valence-electron chi connectivity index (χ1n) is 2.99. The van der Waals surface area contributed by atoms with Crippen LogP contribution in [0.25, 0.3) is 0 Å². The summed E-state index contributed by atoms with van der Waals surface area (Å²) in [6.07, 6.45) is 0. The van der Waals surface area contributed by atoms with Crippen LogP contribution in [0.4, 0.5) is 4.39 Å². The summed E-state index contributed by atoms with van der Waals surface area (Å²) in [5.74, 6) is -0.725. The van der Waals surface area contributed by atoms with E-state index in [1.807, 2.05) is 0 Å². The molecule has 6 heteroatoms. The van der Waals surface area contributed by atoms with E-state index in [2.05, 4.69) is 4.98 Å².